The lowest BCUT2D eigenvalue weighted by molar-refractivity contribution is -0.121. The van der Waals surface area contributed by atoms with Gasteiger partial charge >= 0.3 is 0 Å². The monoisotopic (exact) mass is 288 g/mol. The number of hydrogen-bond acceptors (Lipinski definition) is 2. The molecule has 0 spiro atoms. The van der Waals surface area contributed by atoms with Crippen LogP contribution in [0.4, 0.5) is 5.69 Å². The van der Waals surface area contributed by atoms with E-state index in [1.165, 1.54) is 0 Å². The number of carbonyl (C=O) groups excluding carboxylic acids is 1. The van der Waals surface area contributed by atoms with Gasteiger partial charge in [0.05, 0.1) is 12.5 Å². The summed E-state index contributed by atoms with van der Waals surface area (Å²) in [6.07, 6.45) is 0.261. The number of amides is 1. The standard InChI is InChI=1S/C16H17ClN2O/c1-11(13-7-3-5-9-15(13)18)19-16(20)10-12-6-2-4-8-14(12)17/h2-9,11H,10,18H2,1H3,(H,19,20). The molecule has 0 bridgehead atoms. The summed E-state index contributed by atoms with van der Waals surface area (Å²) in [5.41, 5.74) is 8.32. The Labute approximate surface area is 123 Å². The molecule has 0 aliphatic carbocycles. The molecule has 0 heterocycles. The molecule has 2 aromatic rings. The first-order valence-corrected chi connectivity index (χ1v) is 6.83. The van der Waals surface area contributed by atoms with E-state index in [4.69, 9.17) is 17.3 Å². The van der Waals surface area contributed by atoms with Crippen molar-refractivity contribution in [2.45, 2.75) is 19.4 Å². The van der Waals surface area contributed by atoms with Gasteiger partial charge in [-0.3, -0.25) is 4.79 Å². The molecule has 0 aliphatic heterocycles. The third-order valence-electron chi connectivity index (χ3n) is 3.15. The number of rotatable bonds is 4. The summed E-state index contributed by atoms with van der Waals surface area (Å²) in [6, 6.07) is 14.7. The molecular formula is C16H17ClN2O. The normalized spacial score (nSPS) is 11.9. The van der Waals surface area contributed by atoms with Crippen molar-refractivity contribution < 1.29 is 4.79 Å². The van der Waals surface area contributed by atoms with Crippen LogP contribution < -0.4 is 11.1 Å². The van der Waals surface area contributed by atoms with Gasteiger partial charge in [0.15, 0.2) is 0 Å². The van der Waals surface area contributed by atoms with Crippen LogP contribution in [0, 0.1) is 0 Å². The van der Waals surface area contributed by atoms with Crippen LogP contribution in [0.5, 0.6) is 0 Å². The van der Waals surface area contributed by atoms with Crippen molar-refractivity contribution in [3.05, 3.63) is 64.7 Å². The van der Waals surface area contributed by atoms with Gasteiger partial charge in [0.25, 0.3) is 0 Å². The van der Waals surface area contributed by atoms with Crippen molar-refractivity contribution >= 4 is 23.2 Å². The van der Waals surface area contributed by atoms with Crippen LogP contribution in [0.2, 0.25) is 5.02 Å². The van der Waals surface area contributed by atoms with Gasteiger partial charge in [0, 0.05) is 10.7 Å². The average Bonchev–Trinajstić information content (AvgIpc) is 2.41. The molecule has 1 amide bonds. The minimum absolute atomic E-state index is 0.0751. The Morgan fingerprint density at radius 3 is 2.55 bits per heavy atom. The molecule has 0 saturated heterocycles. The van der Waals surface area contributed by atoms with Crippen molar-refractivity contribution in [1.29, 1.82) is 0 Å². The molecule has 20 heavy (non-hydrogen) atoms. The largest absolute Gasteiger partial charge is 0.398 e. The van der Waals surface area contributed by atoms with E-state index < -0.39 is 0 Å². The van der Waals surface area contributed by atoms with Crippen LogP contribution in [0.3, 0.4) is 0 Å². The Hall–Kier alpha value is -2.00. The summed E-state index contributed by atoms with van der Waals surface area (Å²) >= 11 is 6.05. The van der Waals surface area contributed by atoms with E-state index in [0.717, 1.165) is 11.1 Å². The van der Waals surface area contributed by atoms with Gasteiger partial charge in [0.2, 0.25) is 5.91 Å². The minimum Gasteiger partial charge on any atom is -0.398 e. The molecule has 3 nitrogen and oxygen atoms in total. The molecule has 104 valence electrons. The quantitative estimate of drug-likeness (QED) is 0.848. The SMILES string of the molecule is CC(NC(=O)Cc1ccccc1Cl)c1ccccc1N. The highest BCUT2D eigenvalue weighted by atomic mass is 35.5. The minimum atomic E-state index is -0.133. The first-order chi connectivity index (χ1) is 9.58. The summed E-state index contributed by atoms with van der Waals surface area (Å²) in [5.74, 6) is -0.0751. The van der Waals surface area contributed by atoms with E-state index in [1.807, 2.05) is 49.4 Å². The summed E-state index contributed by atoms with van der Waals surface area (Å²) in [4.78, 5) is 12.0. The van der Waals surface area contributed by atoms with Crippen LogP contribution in [0.15, 0.2) is 48.5 Å². The predicted molar refractivity (Wildman–Crippen MR) is 82.6 cm³/mol. The molecular weight excluding hydrogens is 272 g/mol. The third kappa shape index (κ3) is 3.52. The van der Waals surface area contributed by atoms with Crippen LogP contribution in [-0.4, -0.2) is 5.91 Å². The number of halogens is 1. The van der Waals surface area contributed by atoms with Crippen LogP contribution in [0.1, 0.15) is 24.1 Å². The average molecular weight is 289 g/mol. The fourth-order valence-corrected chi connectivity index (χ4v) is 2.29. The Bertz CT molecular complexity index is 613. The van der Waals surface area contributed by atoms with Gasteiger partial charge in [0.1, 0.15) is 0 Å². The van der Waals surface area contributed by atoms with Crippen molar-refractivity contribution in [1.82, 2.24) is 5.32 Å². The molecule has 0 aliphatic rings. The molecule has 2 rings (SSSR count). The highest BCUT2D eigenvalue weighted by Gasteiger charge is 2.13. The van der Waals surface area contributed by atoms with Gasteiger partial charge in [-0.1, -0.05) is 48.0 Å². The number of nitrogen functional groups attached to an aromatic ring is 1. The number of nitrogens with one attached hydrogen (secondary N) is 1. The van der Waals surface area contributed by atoms with E-state index in [0.29, 0.717) is 10.7 Å². The lowest BCUT2D eigenvalue weighted by atomic mass is 10.1. The van der Waals surface area contributed by atoms with Gasteiger partial charge in [-0.05, 0) is 30.2 Å². The number of para-hydroxylation sites is 1. The zero-order valence-electron chi connectivity index (χ0n) is 11.3. The Morgan fingerprint density at radius 2 is 1.85 bits per heavy atom. The fourth-order valence-electron chi connectivity index (χ4n) is 2.09. The maximum Gasteiger partial charge on any atom is 0.224 e. The zero-order valence-corrected chi connectivity index (χ0v) is 12.0. The summed E-state index contributed by atoms with van der Waals surface area (Å²) in [7, 11) is 0. The van der Waals surface area contributed by atoms with Gasteiger partial charge in [-0.15, -0.1) is 0 Å². The molecule has 0 fully saturated rings. The Kier molecular flexibility index (Phi) is 4.64. The van der Waals surface area contributed by atoms with E-state index in [1.54, 1.807) is 6.07 Å². The summed E-state index contributed by atoms with van der Waals surface area (Å²) < 4.78 is 0. The second-order valence-corrected chi connectivity index (χ2v) is 5.09. The first kappa shape index (κ1) is 14.4. The number of anilines is 1. The maximum absolute atomic E-state index is 12.0. The lowest BCUT2D eigenvalue weighted by Gasteiger charge is -2.16. The number of nitrogens with two attached hydrogens (primary N) is 1. The predicted octanol–water partition coefficient (Wildman–Crippen LogP) is 3.34. The zero-order chi connectivity index (χ0) is 14.5. The number of hydrogen-bond donors (Lipinski definition) is 2. The smallest absolute Gasteiger partial charge is 0.224 e. The van der Waals surface area contributed by atoms with E-state index in [-0.39, 0.29) is 18.4 Å². The van der Waals surface area contributed by atoms with Gasteiger partial charge in [-0.2, -0.15) is 0 Å². The van der Waals surface area contributed by atoms with Crippen LogP contribution in [0.25, 0.3) is 0 Å². The first-order valence-electron chi connectivity index (χ1n) is 6.45. The van der Waals surface area contributed by atoms with E-state index in [9.17, 15) is 4.79 Å². The van der Waals surface area contributed by atoms with Crippen molar-refractivity contribution in [2.75, 3.05) is 5.73 Å². The van der Waals surface area contributed by atoms with E-state index in [2.05, 4.69) is 5.32 Å². The van der Waals surface area contributed by atoms with Crippen LogP contribution >= 0.6 is 11.6 Å². The summed E-state index contributed by atoms with van der Waals surface area (Å²) in [6.45, 7) is 1.91. The maximum atomic E-state index is 12.0. The summed E-state index contributed by atoms with van der Waals surface area (Å²) in [5, 5.41) is 3.54. The topological polar surface area (TPSA) is 55.1 Å². The second-order valence-electron chi connectivity index (χ2n) is 4.69. The Balaban J connectivity index is 2.02. The Morgan fingerprint density at radius 1 is 1.20 bits per heavy atom. The molecule has 0 saturated carbocycles. The second kappa shape index (κ2) is 6.44. The van der Waals surface area contributed by atoms with Crippen molar-refractivity contribution in [3.8, 4) is 0 Å². The number of carbonyl (C=O) groups is 1. The molecule has 1 atom stereocenters. The molecule has 1 unspecified atom stereocenters. The van der Waals surface area contributed by atoms with Crippen molar-refractivity contribution in [2.24, 2.45) is 0 Å². The molecule has 3 N–H and O–H groups in total. The highest BCUT2D eigenvalue weighted by molar-refractivity contribution is 6.31. The molecule has 2 aromatic carbocycles. The molecule has 4 heteroatoms. The molecule has 0 aromatic heterocycles. The van der Waals surface area contributed by atoms with E-state index >= 15 is 0 Å². The fraction of sp³-hybridized carbons (Fsp3) is 0.188. The lowest BCUT2D eigenvalue weighted by Crippen LogP contribution is -2.28. The third-order valence-corrected chi connectivity index (χ3v) is 3.52. The van der Waals surface area contributed by atoms with Gasteiger partial charge < -0.3 is 11.1 Å². The highest BCUT2D eigenvalue weighted by Crippen LogP contribution is 2.20. The van der Waals surface area contributed by atoms with Crippen LogP contribution in [-0.2, 0) is 11.2 Å². The van der Waals surface area contributed by atoms with Crippen molar-refractivity contribution in [3.63, 3.8) is 0 Å². The number of benzene rings is 2. The van der Waals surface area contributed by atoms with Gasteiger partial charge in [-0.25, -0.2) is 0 Å². The molecule has 0 radical (unpaired) electrons.